The molecule has 0 aliphatic carbocycles. The summed E-state index contributed by atoms with van der Waals surface area (Å²) < 4.78 is 0. The fourth-order valence-corrected chi connectivity index (χ4v) is 3.04. The normalized spacial score (nSPS) is 12.1. The van der Waals surface area contributed by atoms with Crippen molar-refractivity contribution in [3.63, 3.8) is 0 Å². The highest BCUT2D eigenvalue weighted by molar-refractivity contribution is 7.80. The lowest BCUT2D eigenvalue weighted by molar-refractivity contribution is 0.792. The van der Waals surface area contributed by atoms with E-state index in [0.717, 1.165) is 23.2 Å². The van der Waals surface area contributed by atoms with Crippen molar-refractivity contribution in [2.75, 3.05) is 5.32 Å². The predicted octanol–water partition coefficient (Wildman–Crippen LogP) is 3.73. The number of nitrogens with two attached hydrogens (primary N) is 1. The van der Waals surface area contributed by atoms with Crippen molar-refractivity contribution in [3.8, 4) is 0 Å². The Morgan fingerprint density at radius 3 is 2.79 bits per heavy atom. The first kappa shape index (κ1) is 14.0. The third-order valence-electron chi connectivity index (χ3n) is 3.03. The summed E-state index contributed by atoms with van der Waals surface area (Å²) in [4.78, 5) is 0.454. The SMILES string of the molecule is Cc1cc(NC(C)Cc2ccsc2)ccc1C(N)=S. The minimum absolute atomic E-state index is 0.393. The van der Waals surface area contributed by atoms with Gasteiger partial charge >= 0.3 is 0 Å². The number of aryl methyl sites for hydroxylation is 1. The highest BCUT2D eigenvalue weighted by Gasteiger charge is 2.06. The molecule has 0 aliphatic rings. The molecule has 1 atom stereocenters. The third kappa shape index (κ3) is 3.78. The monoisotopic (exact) mass is 290 g/mol. The maximum atomic E-state index is 5.67. The standard InChI is InChI=1S/C15H18N2S2/c1-10-7-13(3-4-14(10)15(16)18)17-11(2)8-12-5-6-19-9-12/h3-7,9,11,17H,8H2,1-2H3,(H2,16,18). The summed E-state index contributed by atoms with van der Waals surface area (Å²) in [7, 11) is 0. The summed E-state index contributed by atoms with van der Waals surface area (Å²) in [6, 6.07) is 8.68. The molecule has 100 valence electrons. The van der Waals surface area contributed by atoms with Crippen molar-refractivity contribution >= 4 is 34.2 Å². The Morgan fingerprint density at radius 2 is 2.21 bits per heavy atom. The zero-order chi connectivity index (χ0) is 13.8. The predicted molar refractivity (Wildman–Crippen MR) is 88.2 cm³/mol. The van der Waals surface area contributed by atoms with E-state index < -0.39 is 0 Å². The summed E-state index contributed by atoms with van der Waals surface area (Å²) in [5.41, 5.74) is 10.2. The van der Waals surface area contributed by atoms with Crippen LogP contribution in [0, 0.1) is 6.92 Å². The number of thiophene rings is 1. The van der Waals surface area contributed by atoms with Crippen molar-refractivity contribution in [2.45, 2.75) is 26.3 Å². The molecule has 1 aromatic heterocycles. The second kappa shape index (κ2) is 6.17. The Morgan fingerprint density at radius 1 is 1.42 bits per heavy atom. The number of thiocarbonyl (C=S) groups is 1. The summed E-state index contributed by atoms with van der Waals surface area (Å²) in [5, 5.41) is 7.82. The lowest BCUT2D eigenvalue weighted by Gasteiger charge is -2.16. The molecule has 0 fully saturated rings. The molecule has 0 spiro atoms. The lowest BCUT2D eigenvalue weighted by atomic mass is 10.1. The van der Waals surface area contributed by atoms with Gasteiger partial charge in [-0.15, -0.1) is 0 Å². The number of hydrogen-bond donors (Lipinski definition) is 2. The van der Waals surface area contributed by atoms with Crippen LogP contribution < -0.4 is 11.1 Å². The molecular formula is C15H18N2S2. The van der Waals surface area contributed by atoms with Gasteiger partial charge in [-0.05, 0) is 66.4 Å². The van der Waals surface area contributed by atoms with Crippen LogP contribution in [0.25, 0.3) is 0 Å². The molecular weight excluding hydrogens is 272 g/mol. The molecule has 4 heteroatoms. The molecule has 1 unspecified atom stereocenters. The Labute approximate surface area is 123 Å². The maximum absolute atomic E-state index is 5.67. The van der Waals surface area contributed by atoms with Crippen molar-refractivity contribution in [1.29, 1.82) is 0 Å². The van der Waals surface area contributed by atoms with Gasteiger partial charge in [-0.1, -0.05) is 12.2 Å². The maximum Gasteiger partial charge on any atom is 0.104 e. The molecule has 3 N–H and O–H groups in total. The molecule has 1 heterocycles. The van der Waals surface area contributed by atoms with E-state index in [4.69, 9.17) is 18.0 Å². The Bertz CT molecular complexity index is 562. The van der Waals surface area contributed by atoms with Crippen LogP contribution in [0.5, 0.6) is 0 Å². The second-order valence-electron chi connectivity index (χ2n) is 4.78. The number of benzene rings is 1. The Balaban J connectivity index is 2.03. The van der Waals surface area contributed by atoms with E-state index in [1.807, 2.05) is 19.1 Å². The molecule has 19 heavy (non-hydrogen) atoms. The van der Waals surface area contributed by atoms with Gasteiger partial charge in [-0.25, -0.2) is 0 Å². The van der Waals surface area contributed by atoms with E-state index in [2.05, 4.69) is 35.1 Å². The molecule has 2 aromatic rings. The van der Waals surface area contributed by atoms with Gasteiger partial charge in [0.25, 0.3) is 0 Å². The topological polar surface area (TPSA) is 38.0 Å². The Hall–Kier alpha value is -1.39. The van der Waals surface area contributed by atoms with E-state index in [1.165, 1.54) is 5.56 Å². The number of hydrogen-bond acceptors (Lipinski definition) is 3. The quantitative estimate of drug-likeness (QED) is 0.824. The van der Waals surface area contributed by atoms with E-state index in [0.29, 0.717) is 11.0 Å². The molecule has 1 aromatic carbocycles. The fourth-order valence-electron chi connectivity index (χ4n) is 2.13. The summed E-state index contributed by atoms with van der Waals surface area (Å²) in [6.07, 6.45) is 1.03. The van der Waals surface area contributed by atoms with Crippen LogP contribution in [0.2, 0.25) is 0 Å². The second-order valence-corrected chi connectivity index (χ2v) is 5.99. The van der Waals surface area contributed by atoms with Crippen molar-refractivity contribution < 1.29 is 0 Å². The van der Waals surface area contributed by atoms with Crippen LogP contribution in [0.4, 0.5) is 5.69 Å². The average molecular weight is 290 g/mol. The number of anilines is 1. The zero-order valence-corrected chi connectivity index (χ0v) is 12.8. The van der Waals surface area contributed by atoms with Crippen LogP contribution in [-0.2, 0) is 6.42 Å². The molecule has 0 saturated carbocycles. The molecule has 0 bridgehead atoms. The summed E-state index contributed by atoms with van der Waals surface area (Å²) >= 11 is 6.76. The summed E-state index contributed by atoms with van der Waals surface area (Å²) in [6.45, 7) is 4.22. The molecule has 0 aliphatic heterocycles. The van der Waals surface area contributed by atoms with Gasteiger partial charge in [0.05, 0.1) is 0 Å². The highest BCUT2D eigenvalue weighted by Crippen LogP contribution is 2.17. The van der Waals surface area contributed by atoms with E-state index in [-0.39, 0.29) is 0 Å². The summed E-state index contributed by atoms with van der Waals surface area (Å²) in [5.74, 6) is 0. The minimum atomic E-state index is 0.393. The van der Waals surface area contributed by atoms with Gasteiger partial charge in [0.2, 0.25) is 0 Å². The fraction of sp³-hybridized carbons (Fsp3) is 0.267. The van der Waals surface area contributed by atoms with Gasteiger partial charge in [0, 0.05) is 17.3 Å². The molecule has 0 saturated heterocycles. The zero-order valence-electron chi connectivity index (χ0n) is 11.1. The van der Waals surface area contributed by atoms with Crippen LogP contribution >= 0.6 is 23.6 Å². The first-order chi connectivity index (χ1) is 9.06. The van der Waals surface area contributed by atoms with Gasteiger partial charge in [0.15, 0.2) is 0 Å². The first-order valence-corrected chi connectivity index (χ1v) is 7.59. The van der Waals surface area contributed by atoms with Crippen molar-refractivity contribution in [2.24, 2.45) is 5.73 Å². The minimum Gasteiger partial charge on any atom is -0.389 e. The van der Waals surface area contributed by atoms with Gasteiger partial charge in [0.1, 0.15) is 4.99 Å². The van der Waals surface area contributed by atoms with E-state index >= 15 is 0 Å². The van der Waals surface area contributed by atoms with Gasteiger partial charge < -0.3 is 11.1 Å². The first-order valence-electron chi connectivity index (χ1n) is 6.24. The van der Waals surface area contributed by atoms with Crippen molar-refractivity contribution in [1.82, 2.24) is 0 Å². The molecule has 0 amide bonds. The van der Waals surface area contributed by atoms with Crippen LogP contribution in [0.3, 0.4) is 0 Å². The van der Waals surface area contributed by atoms with E-state index in [1.54, 1.807) is 11.3 Å². The van der Waals surface area contributed by atoms with Crippen LogP contribution in [-0.4, -0.2) is 11.0 Å². The van der Waals surface area contributed by atoms with Crippen LogP contribution in [0.1, 0.15) is 23.6 Å². The highest BCUT2D eigenvalue weighted by atomic mass is 32.1. The largest absolute Gasteiger partial charge is 0.389 e. The molecule has 2 nitrogen and oxygen atoms in total. The number of rotatable bonds is 5. The third-order valence-corrected chi connectivity index (χ3v) is 3.98. The van der Waals surface area contributed by atoms with Crippen LogP contribution in [0.15, 0.2) is 35.0 Å². The Kier molecular flexibility index (Phi) is 4.56. The van der Waals surface area contributed by atoms with E-state index in [9.17, 15) is 0 Å². The number of nitrogens with one attached hydrogen (secondary N) is 1. The van der Waals surface area contributed by atoms with Gasteiger partial charge in [-0.2, -0.15) is 11.3 Å². The molecule has 2 rings (SSSR count). The van der Waals surface area contributed by atoms with Gasteiger partial charge in [-0.3, -0.25) is 0 Å². The molecule has 0 radical (unpaired) electrons. The smallest absolute Gasteiger partial charge is 0.104 e. The average Bonchev–Trinajstić information content (AvgIpc) is 2.81. The van der Waals surface area contributed by atoms with Crippen molar-refractivity contribution in [3.05, 3.63) is 51.7 Å². The lowest BCUT2D eigenvalue weighted by Crippen LogP contribution is -2.18.